The predicted molar refractivity (Wildman–Crippen MR) is 102 cm³/mol. The Hall–Kier alpha value is -2.60. The molecule has 2 saturated heterocycles. The maximum absolute atomic E-state index is 13.4. The van der Waals surface area contributed by atoms with Crippen molar-refractivity contribution < 1.29 is 18.7 Å². The minimum absolute atomic E-state index is 0.140. The SMILES string of the molecule is O=C(NC1CC2CCC(C1)N2Cc1ccc2c(c1)OCO2)c1cccc(F)c1. The normalized spacial score (nSPS) is 25.7. The second-order valence-electron chi connectivity index (χ2n) is 7.90. The van der Waals surface area contributed by atoms with Crippen LogP contribution in [-0.2, 0) is 6.54 Å². The van der Waals surface area contributed by atoms with Gasteiger partial charge < -0.3 is 14.8 Å². The Labute approximate surface area is 163 Å². The second kappa shape index (κ2) is 7.09. The van der Waals surface area contributed by atoms with E-state index in [1.165, 1.54) is 17.7 Å². The van der Waals surface area contributed by atoms with Gasteiger partial charge in [0.2, 0.25) is 6.79 Å². The number of carbonyl (C=O) groups excluding carboxylic acids is 1. The van der Waals surface area contributed by atoms with E-state index in [9.17, 15) is 9.18 Å². The van der Waals surface area contributed by atoms with Gasteiger partial charge in [-0.25, -0.2) is 4.39 Å². The van der Waals surface area contributed by atoms with Gasteiger partial charge in [-0.1, -0.05) is 12.1 Å². The monoisotopic (exact) mass is 382 g/mol. The molecule has 2 fully saturated rings. The number of rotatable bonds is 4. The van der Waals surface area contributed by atoms with E-state index in [0.29, 0.717) is 24.4 Å². The van der Waals surface area contributed by atoms with Crippen LogP contribution in [0.4, 0.5) is 4.39 Å². The Bertz CT molecular complexity index is 889. The van der Waals surface area contributed by atoms with Crippen LogP contribution >= 0.6 is 0 Å². The molecule has 5 nitrogen and oxygen atoms in total. The smallest absolute Gasteiger partial charge is 0.251 e. The first kappa shape index (κ1) is 17.5. The number of amides is 1. The molecule has 0 aromatic heterocycles. The fraction of sp³-hybridized carbons (Fsp3) is 0.409. The van der Waals surface area contributed by atoms with E-state index in [1.54, 1.807) is 12.1 Å². The minimum Gasteiger partial charge on any atom is -0.454 e. The summed E-state index contributed by atoms with van der Waals surface area (Å²) in [6.45, 7) is 1.18. The lowest BCUT2D eigenvalue weighted by atomic mass is 9.96. The number of halogens is 1. The fourth-order valence-electron chi connectivity index (χ4n) is 4.80. The molecule has 3 aliphatic rings. The van der Waals surface area contributed by atoms with Crippen molar-refractivity contribution in [1.29, 1.82) is 0 Å². The summed E-state index contributed by atoms with van der Waals surface area (Å²) in [4.78, 5) is 15.0. The first-order valence-electron chi connectivity index (χ1n) is 9.86. The van der Waals surface area contributed by atoms with E-state index < -0.39 is 0 Å². The van der Waals surface area contributed by atoms with E-state index in [2.05, 4.69) is 22.3 Å². The number of nitrogens with zero attached hydrogens (tertiary/aromatic N) is 1. The van der Waals surface area contributed by atoms with Crippen LogP contribution in [-0.4, -0.2) is 35.7 Å². The molecular weight excluding hydrogens is 359 g/mol. The third-order valence-corrected chi connectivity index (χ3v) is 6.11. The van der Waals surface area contributed by atoms with Gasteiger partial charge in [-0.2, -0.15) is 0 Å². The molecule has 28 heavy (non-hydrogen) atoms. The Morgan fingerprint density at radius 3 is 2.64 bits per heavy atom. The lowest BCUT2D eigenvalue weighted by Gasteiger charge is -2.39. The van der Waals surface area contributed by atoms with Crippen LogP contribution in [0.2, 0.25) is 0 Å². The van der Waals surface area contributed by atoms with Crippen molar-refractivity contribution in [3.63, 3.8) is 0 Å². The number of piperidine rings is 1. The van der Waals surface area contributed by atoms with Crippen molar-refractivity contribution in [1.82, 2.24) is 10.2 Å². The molecule has 2 unspecified atom stereocenters. The predicted octanol–water partition coefficient (Wildman–Crippen LogP) is 3.48. The summed E-state index contributed by atoms with van der Waals surface area (Å²) in [5.41, 5.74) is 1.61. The average molecular weight is 382 g/mol. The van der Waals surface area contributed by atoms with Gasteiger partial charge in [0.15, 0.2) is 11.5 Å². The minimum atomic E-state index is -0.383. The maximum Gasteiger partial charge on any atom is 0.251 e. The summed E-state index contributed by atoms with van der Waals surface area (Å²) in [5, 5.41) is 3.11. The third kappa shape index (κ3) is 3.33. The molecule has 146 valence electrons. The summed E-state index contributed by atoms with van der Waals surface area (Å²) in [7, 11) is 0. The fourth-order valence-corrected chi connectivity index (χ4v) is 4.80. The van der Waals surface area contributed by atoms with Gasteiger partial charge in [0.25, 0.3) is 5.91 Å². The van der Waals surface area contributed by atoms with Crippen LogP contribution in [0.25, 0.3) is 0 Å². The van der Waals surface area contributed by atoms with Gasteiger partial charge in [-0.05, 0) is 61.6 Å². The highest BCUT2D eigenvalue weighted by Gasteiger charge is 2.41. The van der Waals surface area contributed by atoms with Gasteiger partial charge in [0, 0.05) is 30.2 Å². The third-order valence-electron chi connectivity index (χ3n) is 6.11. The Kier molecular flexibility index (Phi) is 4.43. The number of nitrogens with one attached hydrogen (secondary N) is 1. The zero-order chi connectivity index (χ0) is 19.1. The Morgan fingerprint density at radius 1 is 1.07 bits per heavy atom. The van der Waals surface area contributed by atoms with E-state index in [1.807, 2.05) is 6.07 Å². The number of carbonyl (C=O) groups is 1. The molecular formula is C22H23FN2O3. The second-order valence-corrected chi connectivity index (χ2v) is 7.90. The molecule has 1 N–H and O–H groups in total. The molecule has 2 aromatic carbocycles. The molecule has 2 aromatic rings. The standard InChI is InChI=1S/C22H23FN2O3/c23-16-3-1-2-15(9-16)22(26)24-17-10-18-5-6-19(11-17)25(18)12-14-4-7-20-21(8-14)28-13-27-20/h1-4,7-9,17-19H,5-6,10-13H2,(H,24,26). The molecule has 0 aliphatic carbocycles. The van der Waals surface area contributed by atoms with E-state index in [0.717, 1.165) is 43.7 Å². The average Bonchev–Trinajstić information content (AvgIpc) is 3.23. The van der Waals surface area contributed by atoms with Gasteiger partial charge >= 0.3 is 0 Å². The van der Waals surface area contributed by atoms with E-state index in [4.69, 9.17) is 9.47 Å². The first-order chi connectivity index (χ1) is 13.7. The van der Waals surface area contributed by atoms with Crippen molar-refractivity contribution in [3.8, 4) is 11.5 Å². The van der Waals surface area contributed by atoms with Gasteiger partial charge in [0.05, 0.1) is 0 Å². The summed E-state index contributed by atoms with van der Waals surface area (Å²) >= 11 is 0. The van der Waals surface area contributed by atoms with Gasteiger partial charge in [-0.3, -0.25) is 9.69 Å². The van der Waals surface area contributed by atoms with Crippen LogP contribution in [0.15, 0.2) is 42.5 Å². The Morgan fingerprint density at radius 2 is 1.86 bits per heavy atom. The molecule has 0 radical (unpaired) electrons. The maximum atomic E-state index is 13.4. The number of benzene rings is 2. The van der Waals surface area contributed by atoms with Crippen LogP contribution in [0, 0.1) is 5.82 Å². The van der Waals surface area contributed by atoms with Crippen molar-refractivity contribution in [2.45, 2.75) is 50.4 Å². The quantitative estimate of drug-likeness (QED) is 0.880. The van der Waals surface area contributed by atoms with Crippen LogP contribution in [0.3, 0.4) is 0 Å². The Balaban J connectivity index is 1.23. The summed E-state index contributed by atoms with van der Waals surface area (Å²) in [6, 6.07) is 13.1. The molecule has 5 rings (SSSR count). The lowest BCUT2D eigenvalue weighted by molar-refractivity contribution is 0.0827. The molecule has 0 spiro atoms. The number of fused-ring (bicyclic) bond motifs is 3. The van der Waals surface area contributed by atoms with E-state index in [-0.39, 0.29) is 17.8 Å². The summed E-state index contributed by atoms with van der Waals surface area (Å²) in [6.07, 6.45) is 4.17. The van der Waals surface area contributed by atoms with E-state index >= 15 is 0 Å². The number of ether oxygens (including phenoxy) is 2. The summed E-state index contributed by atoms with van der Waals surface area (Å²) < 4.78 is 24.3. The first-order valence-corrected chi connectivity index (χ1v) is 9.86. The molecule has 3 heterocycles. The topological polar surface area (TPSA) is 50.8 Å². The highest BCUT2D eigenvalue weighted by atomic mass is 19.1. The molecule has 0 saturated carbocycles. The van der Waals surface area contributed by atoms with Crippen LogP contribution in [0.1, 0.15) is 41.6 Å². The van der Waals surface area contributed by atoms with Crippen LogP contribution < -0.4 is 14.8 Å². The van der Waals surface area contributed by atoms with Gasteiger partial charge in [0.1, 0.15) is 5.82 Å². The highest BCUT2D eigenvalue weighted by Crippen LogP contribution is 2.38. The van der Waals surface area contributed by atoms with Crippen molar-refractivity contribution in [2.24, 2.45) is 0 Å². The highest BCUT2D eigenvalue weighted by molar-refractivity contribution is 5.94. The number of hydrogen-bond acceptors (Lipinski definition) is 4. The van der Waals surface area contributed by atoms with Crippen LogP contribution in [0.5, 0.6) is 11.5 Å². The zero-order valence-electron chi connectivity index (χ0n) is 15.6. The van der Waals surface area contributed by atoms with Crippen molar-refractivity contribution in [3.05, 3.63) is 59.4 Å². The molecule has 1 amide bonds. The summed E-state index contributed by atoms with van der Waals surface area (Å²) in [5.74, 6) is 1.06. The zero-order valence-corrected chi connectivity index (χ0v) is 15.6. The number of hydrogen-bond donors (Lipinski definition) is 1. The van der Waals surface area contributed by atoms with Crippen molar-refractivity contribution in [2.75, 3.05) is 6.79 Å². The molecule has 2 bridgehead atoms. The lowest BCUT2D eigenvalue weighted by Crippen LogP contribution is -2.50. The van der Waals surface area contributed by atoms with Gasteiger partial charge in [-0.15, -0.1) is 0 Å². The van der Waals surface area contributed by atoms with Crippen molar-refractivity contribution >= 4 is 5.91 Å². The largest absolute Gasteiger partial charge is 0.454 e. The molecule has 2 atom stereocenters. The molecule has 3 aliphatic heterocycles. The molecule has 6 heteroatoms.